The molecule has 0 fully saturated rings. The molecule has 108 valence electrons. The van der Waals surface area contributed by atoms with Crippen molar-refractivity contribution in [1.82, 2.24) is 5.32 Å². The number of nitrogens with one attached hydrogen (secondary N) is 1. The molecule has 1 aromatic carbocycles. The summed E-state index contributed by atoms with van der Waals surface area (Å²) in [6.45, 7) is 7.87. The maximum Gasteiger partial charge on any atom is 0.124 e. The van der Waals surface area contributed by atoms with Gasteiger partial charge in [0.05, 0.1) is 6.61 Å². The van der Waals surface area contributed by atoms with Crippen LogP contribution in [0.1, 0.15) is 38.8 Å². The highest BCUT2D eigenvalue weighted by molar-refractivity contribution is 7.99. The van der Waals surface area contributed by atoms with Crippen LogP contribution in [0.15, 0.2) is 18.2 Å². The molecule has 0 saturated heterocycles. The molecule has 1 atom stereocenters. The van der Waals surface area contributed by atoms with Crippen LogP contribution in [0.4, 0.5) is 4.39 Å². The fourth-order valence-corrected chi connectivity index (χ4v) is 2.30. The fourth-order valence-electron chi connectivity index (χ4n) is 1.81. The van der Waals surface area contributed by atoms with E-state index in [1.54, 1.807) is 12.1 Å². The van der Waals surface area contributed by atoms with Crippen molar-refractivity contribution in [3.05, 3.63) is 29.6 Å². The molecule has 0 amide bonds. The summed E-state index contributed by atoms with van der Waals surface area (Å²) in [6, 6.07) is 4.85. The molecule has 0 spiro atoms. The Morgan fingerprint density at radius 3 is 2.84 bits per heavy atom. The molecule has 2 nitrogen and oxygen atoms in total. The van der Waals surface area contributed by atoms with Gasteiger partial charge >= 0.3 is 0 Å². The Morgan fingerprint density at radius 2 is 2.16 bits per heavy atom. The van der Waals surface area contributed by atoms with Crippen molar-refractivity contribution in [3.8, 4) is 5.75 Å². The predicted molar refractivity (Wildman–Crippen MR) is 81.6 cm³/mol. The zero-order chi connectivity index (χ0) is 14.1. The molecule has 0 radical (unpaired) electrons. The van der Waals surface area contributed by atoms with Gasteiger partial charge in [0.2, 0.25) is 0 Å². The summed E-state index contributed by atoms with van der Waals surface area (Å²) >= 11 is 1.84. The van der Waals surface area contributed by atoms with Gasteiger partial charge in [-0.25, -0.2) is 4.39 Å². The number of hydrogen-bond donors (Lipinski definition) is 1. The van der Waals surface area contributed by atoms with Gasteiger partial charge in [-0.2, -0.15) is 11.8 Å². The summed E-state index contributed by atoms with van der Waals surface area (Å²) in [5.74, 6) is 2.63. The molecule has 0 aliphatic rings. The van der Waals surface area contributed by atoms with Gasteiger partial charge in [-0.05, 0) is 43.8 Å². The SMILES string of the molecule is CCCNC(C)c1cc(F)ccc1OCCSCC. The molecule has 4 heteroatoms. The maximum atomic E-state index is 13.4. The van der Waals surface area contributed by atoms with Gasteiger partial charge in [0.15, 0.2) is 0 Å². The van der Waals surface area contributed by atoms with Gasteiger partial charge in [0.25, 0.3) is 0 Å². The van der Waals surface area contributed by atoms with Crippen molar-refractivity contribution in [3.63, 3.8) is 0 Å². The van der Waals surface area contributed by atoms with Crippen LogP contribution >= 0.6 is 11.8 Å². The molecular formula is C15H24FNOS. The number of halogens is 1. The van der Waals surface area contributed by atoms with Gasteiger partial charge in [-0.3, -0.25) is 0 Å². The Hall–Kier alpha value is -0.740. The second kappa shape index (κ2) is 9.21. The van der Waals surface area contributed by atoms with E-state index in [-0.39, 0.29) is 11.9 Å². The molecule has 0 saturated carbocycles. The smallest absolute Gasteiger partial charge is 0.124 e. The van der Waals surface area contributed by atoms with Crippen molar-refractivity contribution in [2.45, 2.75) is 33.2 Å². The van der Waals surface area contributed by atoms with Crippen molar-refractivity contribution in [1.29, 1.82) is 0 Å². The van der Waals surface area contributed by atoms with Gasteiger partial charge in [0.1, 0.15) is 11.6 Å². The monoisotopic (exact) mass is 285 g/mol. The molecule has 0 bridgehead atoms. The molecule has 1 unspecified atom stereocenters. The molecule has 0 aromatic heterocycles. The molecule has 19 heavy (non-hydrogen) atoms. The van der Waals surface area contributed by atoms with Gasteiger partial charge in [-0.15, -0.1) is 0 Å². The molecule has 0 aliphatic carbocycles. The Bertz CT molecular complexity index is 373. The fraction of sp³-hybridized carbons (Fsp3) is 0.600. The topological polar surface area (TPSA) is 21.3 Å². The lowest BCUT2D eigenvalue weighted by Gasteiger charge is -2.18. The van der Waals surface area contributed by atoms with Crippen molar-refractivity contribution in [2.75, 3.05) is 24.7 Å². The molecule has 0 aliphatic heterocycles. The average molecular weight is 285 g/mol. The number of ether oxygens (including phenoxy) is 1. The van der Waals surface area contributed by atoms with E-state index in [2.05, 4.69) is 19.2 Å². The van der Waals surface area contributed by atoms with Crippen LogP contribution in [0.25, 0.3) is 0 Å². The zero-order valence-electron chi connectivity index (χ0n) is 12.0. The van der Waals surface area contributed by atoms with Crippen LogP contribution in [0.2, 0.25) is 0 Å². The van der Waals surface area contributed by atoms with Crippen LogP contribution < -0.4 is 10.1 Å². The second-order valence-electron chi connectivity index (χ2n) is 4.40. The van der Waals surface area contributed by atoms with Crippen LogP contribution in [-0.2, 0) is 0 Å². The summed E-state index contributed by atoms with van der Waals surface area (Å²) in [7, 11) is 0. The van der Waals surface area contributed by atoms with Gasteiger partial charge in [-0.1, -0.05) is 13.8 Å². The van der Waals surface area contributed by atoms with E-state index < -0.39 is 0 Å². The van der Waals surface area contributed by atoms with Gasteiger partial charge < -0.3 is 10.1 Å². The van der Waals surface area contributed by atoms with Crippen molar-refractivity contribution in [2.24, 2.45) is 0 Å². The van der Waals surface area contributed by atoms with E-state index in [1.165, 1.54) is 6.07 Å². The molecule has 0 heterocycles. The molecular weight excluding hydrogens is 261 g/mol. The average Bonchev–Trinajstić information content (AvgIpc) is 2.42. The molecule has 1 N–H and O–H groups in total. The van der Waals surface area contributed by atoms with E-state index in [9.17, 15) is 4.39 Å². The number of hydrogen-bond acceptors (Lipinski definition) is 3. The largest absolute Gasteiger partial charge is 0.492 e. The van der Waals surface area contributed by atoms with Gasteiger partial charge in [0, 0.05) is 17.4 Å². The third kappa shape index (κ3) is 5.83. The first-order valence-corrected chi connectivity index (χ1v) is 8.07. The lowest BCUT2D eigenvalue weighted by Crippen LogP contribution is -2.20. The number of rotatable bonds is 9. The Kier molecular flexibility index (Phi) is 7.91. The highest BCUT2D eigenvalue weighted by Gasteiger charge is 2.12. The summed E-state index contributed by atoms with van der Waals surface area (Å²) in [5.41, 5.74) is 0.898. The first kappa shape index (κ1) is 16.3. The normalized spacial score (nSPS) is 12.4. The molecule has 1 aromatic rings. The summed E-state index contributed by atoms with van der Waals surface area (Å²) < 4.78 is 19.2. The van der Waals surface area contributed by atoms with Crippen LogP contribution in [0, 0.1) is 5.82 Å². The highest BCUT2D eigenvalue weighted by Crippen LogP contribution is 2.26. The van der Waals surface area contributed by atoms with E-state index in [0.29, 0.717) is 6.61 Å². The standard InChI is InChI=1S/C15H24FNOS/c1-4-8-17-12(3)14-11-13(16)6-7-15(14)18-9-10-19-5-2/h6-7,11-12,17H,4-5,8-10H2,1-3H3. The third-order valence-corrected chi connectivity index (χ3v) is 3.69. The first-order valence-electron chi connectivity index (χ1n) is 6.92. The van der Waals surface area contributed by atoms with E-state index >= 15 is 0 Å². The predicted octanol–water partition coefficient (Wildman–Crippen LogP) is 4.02. The highest BCUT2D eigenvalue weighted by atomic mass is 32.2. The number of benzene rings is 1. The first-order chi connectivity index (χ1) is 9.19. The van der Waals surface area contributed by atoms with Crippen LogP contribution in [0.5, 0.6) is 5.75 Å². The summed E-state index contributed by atoms with van der Waals surface area (Å²) in [6.07, 6.45) is 1.06. The van der Waals surface area contributed by atoms with E-state index in [4.69, 9.17) is 4.74 Å². The minimum Gasteiger partial charge on any atom is -0.492 e. The molecule has 1 rings (SSSR count). The van der Waals surface area contributed by atoms with E-state index in [0.717, 1.165) is 35.8 Å². The van der Waals surface area contributed by atoms with Crippen molar-refractivity contribution < 1.29 is 9.13 Å². The maximum absolute atomic E-state index is 13.4. The zero-order valence-corrected chi connectivity index (χ0v) is 12.9. The second-order valence-corrected chi connectivity index (χ2v) is 5.80. The summed E-state index contributed by atoms with van der Waals surface area (Å²) in [4.78, 5) is 0. The van der Waals surface area contributed by atoms with Crippen LogP contribution in [0.3, 0.4) is 0 Å². The Labute approximate surface area is 120 Å². The minimum atomic E-state index is -0.213. The van der Waals surface area contributed by atoms with Crippen molar-refractivity contribution >= 4 is 11.8 Å². The summed E-state index contributed by atoms with van der Waals surface area (Å²) in [5, 5.41) is 3.37. The minimum absolute atomic E-state index is 0.101. The third-order valence-electron chi connectivity index (χ3n) is 2.83. The number of thioether (sulfide) groups is 1. The Morgan fingerprint density at radius 1 is 1.37 bits per heavy atom. The van der Waals surface area contributed by atoms with Crippen LogP contribution in [-0.4, -0.2) is 24.7 Å². The Balaban J connectivity index is 2.67. The lowest BCUT2D eigenvalue weighted by molar-refractivity contribution is 0.335. The lowest BCUT2D eigenvalue weighted by atomic mass is 10.1. The quantitative estimate of drug-likeness (QED) is 0.692. The van der Waals surface area contributed by atoms with E-state index in [1.807, 2.05) is 18.7 Å².